The van der Waals surface area contributed by atoms with E-state index in [9.17, 15) is 17.6 Å². The molecule has 0 heterocycles. The number of nitrogens with one attached hydrogen (secondary N) is 2. The zero-order valence-electron chi connectivity index (χ0n) is 13.2. The maximum atomic E-state index is 14.1. The van der Waals surface area contributed by atoms with Gasteiger partial charge in [-0.3, -0.25) is 4.79 Å². The van der Waals surface area contributed by atoms with Crippen molar-refractivity contribution in [2.75, 3.05) is 12.3 Å². The molecule has 1 aliphatic carbocycles. The lowest BCUT2D eigenvalue weighted by atomic mass is 9.91. The monoisotopic (exact) mass is 342 g/mol. The minimum absolute atomic E-state index is 0.0837. The van der Waals surface area contributed by atoms with Gasteiger partial charge in [0.25, 0.3) is 0 Å². The van der Waals surface area contributed by atoms with Crippen molar-refractivity contribution in [3.05, 3.63) is 35.6 Å². The molecule has 0 spiro atoms. The van der Waals surface area contributed by atoms with E-state index in [1.165, 1.54) is 13.0 Å². The van der Waals surface area contributed by atoms with Gasteiger partial charge in [0.05, 0.1) is 18.3 Å². The normalized spacial score (nSPS) is 17.1. The molecule has 1 saturated carbocycles. The van der Waals surface area contributed by atoms with Crippen molar-refractivity contribution in [3.63, 3.8) is 0 Å². The zero-order valence-corrected chi connectivity index (χ0v) is 14.0. The SMILES string of the molecule is CCS(=O)(=O)NCC(=O)N[C@H](c1ccccc1F)C1CCCC1. The summed E-state index contributed by atoms with van der Waals surface area (Å²) in [5.41, 5.74) is 0.464. The number of benzene rings is 1. The number of sulfonamides is 1. The molecule has 0 radical (unpaired) electrons. The predicted octanol–water partition coefficient (Wildman–Crippen LogP) is 2.11. The Balaban J connectivity index is 2.09. The van der Waals surface area contributed by atoms with Crippen LogP contribution in [0.1, 0.15) is 44.2 Å². The minimum Gasteiger partial charge on any atom is -0.348 e. The Morgan fingerprint density at radius 1 is 1.30 bits per heavy atom. The van der Waals surface area contributed by atoms with Crippen LogP contribution in [0.2, 0.25) is 0 Å². The first-order valence-electron chi connectivity index (χ1n) is 7.94. The van der Waals surface area contributed by atoms with Gasteiger partial charge in [-0.2, -0.15) is 0 Å². The molecule has 1 amide bonds. The quantitative estimate of drug-likeness (QED) is 0.797. The second-order valence-corrected chi connectivity index (χ2v) is 7.93. The van der Waals surface area contributed by atoms with Crippen LogP contribution in [0, 0.1) is 11.7 Å². The molecule has 0 bridgehead atoms. The summed E-state index contributed by atoms with van der Waals surface area (Å²) < 4.78 is 39.2. The lowest BCUT2D eigenvalue weighted by molar-refractivity contribution is -0.121. The Morgan fingerprint density at radius 3 is 2.57 bits per heavy atom. The van der Waals surface area contributed by atoms with Crippen molar-refractivity contribution in [2.45, 2.75) is 38.6 Å². The highest BCUT2D eigenvalue weighted by Gasteiger charge is 2.29. The molecule has 7 heteroatoms. The third kappa shape index (κ3) is 5.00. The van der Waals surface area contributed by atoms with Crippen LogP contribution in [0.4, 0.5) is 4.39 Å². The fraction of sp³-hybridized carbons (Fsp3) is 0.562. The number of carbonyl (C=O) groups is 1. The van der Waals surface area contributed by atoms with Gasteiger partial charge in [-0.05, 0) is 31.7 Å². The van der Waals surface area contributed by atoms with Gasteiger partial charge in [-0.1, -0.05) is 31.0 Å². The fourth-order valence-electron chi connectivity index (χ4n) is 2.97. The predicted molar refractivity (Wildman–Crippen MR) is 86.7 cm³/mol. The molecule has 1 aromatic carbocycles. The largest absolute Gasteiger partial charge is 0.348 e. The molecule has 128 valence electrons. The van der Waals surface area contributed by atoms with Gasteiger partial charge in [0.2, 0.25) is 15.9 Å². The molecular formula is C16H23FN2O3S. The van der Waals surface area contributed by atoms with E-state index < -0.39 is 22.0 Å². The number of rotatable bonds is 7. The molecule has 23 heavy (non-hydrogen) atoms. The summed E-state index contributed by atoms with van der Waals surface area (Å²) in [4.78, 5) is 12.1. The molecule has 2 N–H and O–H groups in total. The molecule has 0 saturated heterocycles. The standard InChI is InChI=1S/C16H23FN2O3S/c1-2-23(21,22)18-11-15(20)19-16(12-7-3-4-8-12)13-9-5-6-10-14(13)17/h5-6,9-10,12,16,18H,2-4,7-8,11H2,1H3,(H,19,20)/t16-/m0/s1. The Hall–Kier alpha value is -1.47. The Labute approximate surface area is 136 Å². The van der Waals surface area contributed by atoms with Gasteiger partial charge in [-0.15, -0.1) is 0 Å². The first kappa shape index (κ1) is 17.9. The molecule has 1 atom stereocenters. The Bertz CT molecular complexity index is 642. The minimum atomic E-state index is -3.43. The number of halogens is 1. The van der Waals surface area contributed by atoms with Gasteiger partial charge in [0.1, 0.15) is 5.82 Å². The van der Waals surface area contributed by atoms with Crippen molar-refractivity contribution < 1.29 is 17.6 Å². The van der Waals surface area contributed by atoms with E-state index in [0.717, 1.165) is 25.7 Å². The summed E-state index contributed by atoms with van der Waals surface area (Å²) in [7, 11) is -3.43. The Morgan fingerprint density at radius 2 is 1.96 bits per heavy atom. The van der Waals surface area contributed by atoms with Crippen molar-refractivity contribution >= 4 is 15.9 Å². The maximum absolute atomic E-state index is 14.1. The van der Waals surface area contributed by atoms with Crippen LogP contribution in [0.25, 0.3) is 0 Å². The summed E-state index contributed by atoms with van der Waals surface area (Å²) in [5.74, 6) is -0.695. The second kappa shape index (κ2) is 7.88. The third-order valence-electron chi connectivity index (χ3n) is 4.26. The van der Waals surface area contributed by atoms with E-state index in [1.54, 1.807) is 18.2 Å². The van der Waals surface area contributed by atoms with Crippen LogP contribution in [-0.4, -0.2) is 26.6 Å². The summed E-state index contributed by atoms with van der Waals surface area (Å²) in [6, 6.07) is 5.99. The summed E-state index contributed by atoms with van der Waals surface area (Å²) >= 11 is 0. The molecule has 5 nitrogen and oxygen atoms in total. The molecule has 0 unspecified atom stereocenters. The molecular weight excluding hydrogens is 319 g/mol. The van der Waals surface area contributed by atoms with E-state index in [2.05, 4.69) is 10.0 Å². The van der Waals surface area contributed by atoms with Gasteiger partial charge < -0.3 is 5.32 Å². The lowest BCUT2D eigenvalue weighted by Gasteiger charge is -2.25. The average molecular weight is 342 g/mol. The smallest absolute Gasteiger partial charge is 0.235 e. The summed E-state index contributed by atoms with van der Waals surface area (Å²) in [6.07, 6.45) is 3.99. The topological polar surface area (TPSA) is 75.3 Å². The first-order valence-corrected chi connectivity index (χ1v) is 9.59. The van der Waals surface area contributed by atoms with Crippen LogP contribution in [0.15, 0.2) is 24.3 Å². The van der Waals surface area contributed by atoms with E-state index in [-0.39, 0.29) is 24.0 Å². The van der Waals surface area contributed by atoms with Crippen LogP contribution in [-0.2, 0) is 14.8 Å². The average Bonchev–Trinajstić information content (AvgIpc) is 3.06. The van der Waals surface area contributed by atoms with Gasteiger partial charge in [0.15, 0.2) is 0 Å². The van der Waals surface area contributed by atoms with Crippen LogP contribution in [0.3, 0.4) is 0 Å². The lowest BCUT2D eigenvalue weighted by Crippen LogP contribution is -2.41. The highest BCUT2D eigenvalue weighted by atomic mass is 32.2. The first-order chi connectivity index (χ1) is 10.9. The highest BCUT2D eigenvalue weighted by molar-refractivity contribution is 7.89. The van der Waals surface area contributed by atoms with Crippen LogP contribution >= 0.6 is 0 Å². The van der Waals surface area contributed by atoms with Gasteiger partial charge >= 0.3 is 0 Å². The molecule has 0 aromatic heterocycles. The molecule has 1 aromatic rings. The number of amides is 1. The van der Waals surface area contributed by atoms with Crippen LogP contribution in [0.5, 0.6) is 0 Å². The van der Waals surface area contributed by atoms with Gasteiger partial charge in [-0.25, -0.2) is 17.5 Å². The molecule has 1 fully saturated rings. The highest BCUT2D eigenvalue weighted by Crippen LogP contribution is 2.36. The third-order valence-corrected chi connectivity index (χ3v) is 5.60. The second-order valence-electron chi connectivity index (χ2n) is 5.84. The van der Waals surface area contributed by atoms with Crippen LogP contribution < -0.4 is 10.0 Å². The Kier molecular flexibility index (Phi) is 6.12. The van der Waals surface area contributed by atoms with Crippen molar-refractivity contribution in [1.29, 1.82) is 0 Å². The number of carbonyl (C=O) groups excluding carboxylic acids is 1. The van der Waals surface area contributed by atoms with E-state index >= 15 is 0 Å². The maximum Gasteiger partial charge on any atom is 0.235 e. The van der Waals surface area contributed by atoms with E-state index in [0.29, 0.717) is 5.56 Å². The van der Waals surface area contributed by atoms with Crippen molar-refractivity contribution in [2.24, 2.45) is 5.92 Å². The van der Waals surface area contributed by atoms with Crippen molar-refractivity contribution in [3.8, 4) is 0 Å². The molecule has 2 rings (SSSR count). The van der Waals surface area contributed by atoms with Gasteiger partial charge in [0, 0.05) is 5.56 Å². The van der Waals surface area contributed by atoms with Crippen molar-refractivity contribution in [1.82, 2.24) is 10.0 Å². The summed E-state index contributed by atoms with van der Waals surface area (Å²) in [6.45, 7) is 1.18. The van der Waals surface area contributed by atoms with E-state index in [1.807, 2.05) is 0 Å². The fourth-order valence-corrected chi connectivity index (χ4v) is 3.52. The van der Waals surface area contributed by atoms with E-state index in [4.69, 9.17) is 0 Å². The number of hydrogen-bond donors (Lipinski definition) is 2. The zero-order chi connectivity index (χ0) is 16.9. The molecule has 0 aliphatic heterocycles. The number of hydrogen-bond acceptors (Lipinski definition) is 3. The summed E-state index contributed by atoms with van der Waals surface area (Å²) in [5, 5.41) is 2.81. The molecule has 1 aliphatic rings.